The molecular formula is C26H22F5N5O2. The quantitative estimate of drug-likeness (QED) is 0.332. The molecule has 7 nitrogen and oxygen atoms in total. The lowest BCUT2D eigenvalue weighted by molar-refractivity contribution is -0.140. The zero-order chi connectivity index (χ0) is 27.4. The van der Waals surface area contributed by atoms with Gasteiger partial charge in [-0.1, -0.05) is 0 Å². The molecule has 0 amide bonds. The highest BCUT2D eigenvalue weighted by Crippen LogP contribution is 2.39. The number of aromatic nitrogens is 5. The minimum Gasteiger partial charge on any atom is -0.373 e. The highest BCUT2D eigenvalue weighted by atomic mass is 19.4. The van der Waals surface area contributed by atoms with Gasteiger partial charge < -0.3 is 9.30 Å². The second kappa shape index (κ2) is 9.50. The van der Waals surface area contributed by atoms with Crippen LogP contribution in [0.15, 0.2) is 35.3 Å². The van der Waals surface area contributed by atoms with E-state index in [1.807, 2.05) is 0 Å². The smallest absolute Gasteiger partial charge is 0.373 e. The van der Waals surface area contributed by atoms with Crippen molar-refractivity contribution in [2.24, 2.45) is 7.05 Å². The Kier molecular flexibility index (Phi) is 6.46. The van der Waals surface area contributed by atoms with Crippen molar-refractivity contribution in [3.8, 4) is 11.3 Å². The predicted octanol–water partition coefficient (Wildman–Crippen LogP) is 5.33. The van der Waals surface area contributed by atoms with E-state index < -0.39 is 28.9 Å². The summed E-state index contributed by atoms with van der Waals surface area (Å²) in [6.45, 7) is 3.72. The van der Waals surface area contributed by atoms with Crippen molar-refractivity contribution in [1.82, 2.24) is 24.5 Å². The number of alkyl halides is 3. The highest BCUT2D eigenvalue weighted by molar-refractivity contribution is 5.87. The minimum absolute atomic E-state index is 0.0524. The molecule has 4 heterocycles. The van der Waals surface area contributed by atoms with Gasteiger partial charge in [0.15, 0.2) is 17.3 Å². The van der Waals surface area contributed by atoms with E-state index in [-0.39, 0.29) is 40.3 Å². The van der Waals surface area contributed by atoms with Gasteiger partial charge in [0.1, 0.15) is 17.0 Å². The normalized spacial score (nSPS) is 18.2. The molecule has 0 bridgehead atoms. The number of aryl methyl sites for hydroxylation is 3. The van der Waals surface area contributed by atoms with Crippen LogP contribution >= 0.6 is 0 Å². The van der Waals surface area contributed by atoms with E-state index in [9.17, 15) is 22.4 Å². The van der Waals surface area contributed by atoms with E-state index >= 15 is 4.39 Å². The third-order valence-electron chi connectivity index (χ3n) is 6.73. The molecule has 3 aromatic heterocycles. The van der Waals surface area contributed by atoms with Gasteiger partial charge in [0, 0.05) is 37.4 Å². The second-order valence-electron chi connectivity index (χ2n) is 9.28. The van der Waals surface area contributed by atoms with Gasteiger partial charge >= 0.3 is 6.18 Å². The van der Waals surface area contributed by atoms with Crippen LogP contribution in [-0.2, 0) is 18.0 Å². The van der Waals surface area contributed by atoms with E-state index in [1.54, 1.807) is 33.2 Å². The lowest BCUT2D eigenvalue weighted by atomic mass is 9.91. The van der Waals surface area contributed by atoms with Crippen molar-refractivity contribution in [3.63, 3.8) is 0 Å². The molecule has 4 aromatic rings. The average molecular weight is 531 g/mol. The largest absolute Gasteiger partial charge is 0.419 e. The third kappa shape index (κ3) is 4.64. The van der Waals surface area contributed by atoms with E-state index in [1.165, 1.54) is 10.6 Å². The topological polar surface area (TPSA) is 82.8 Å². The standard InChI is InChI=1S/C26H22F5N5O2/c1-12-13(2)33-25-23(32-12)22(16-5-6-17(26(29,30)31)21(28)20(16)27)34-24(35-25)14-8-9-38-18(10-14)15-4-7-19(37)36(3)11-15/h4-7,11,14,18H,8-10H2,1-3H3/t14-,18+/m0/s1. The molecule has 0 spiro atoms. The molecule has 0 aliphatic carbocycles. The van der Waals surface area contributed by atoms with Crippen LogP contribution in [-0.4, -0.2) is 31.1 Å². The van der Waals surface area contributed by atoms with Gasteiger partial charge in [-0.05, 0) is 50.5 Å². The van der Waals surface area contributed by atoms with Gasteiger partial charge in [-0.3, -0.25) is 4.79 Å². The maximum absolute atomic E-state index is 15.1. The summed E-state index contributed by atoms with van der Waals surface area (Å²) in [4.78, 5) is 29.7. The van der Waals surface area contributed by atoms with Gasteiger partial charge in [-0.2, -0.15) is 13.2 Å². The summed E-state index contributed by atoms with van der Waals surface area (Å²) in [6, 6.07) is 4.45. The number of halogens is 5. The van der Waals surface area contributed by atoms with Crippen LogP contribution in [0.5, 0.6) is 0 Å². The molecule has 198 valence electrons. The first kappa shape index (κ1) is 25.8. The summed E-state index contributed by atoms with van der Waals surface area (Å²) in [5, 5.41) is 0. The van der Waals surface area contributed by atoms with Gasteiger partial charge in [0.05, 0.1) is 23.1 Å². The summed E-state index contributed by atoms with van der Waals surface area (Å²) >= 11 is 0. The monoisotopic (exact) mass is 531 g/mol. The summed E-state index contributed by atoms with van der Waals surface area (Å²) < 4.78 is 76.4. The molecule has 5 rings (SSSR count). The van der Waals surface area contributed by atoms with Crippen molar-refractivity contribution in [2.45, 2.75) is 44.9 Å². The van der Waals surface area contributed by atoms with Crippen molar-refractivity contribution >= 4 is 11.2 Å². The first-order chi connectivity index (χ1) is 17.9. The fourth-order valence-corrected chi connectivity index (χ4v) is 4.52. The summed E-state index contributed by atoms with van der Waals surface area (Å²) in [6.07, 6.45) is -2.83. The van der Waals surface area contributed by atoms with Crippen LogP contribution in [0.4, 0.5) is 22.0 Å². The van der Waals surface area contributed by atoms with Crippen molar-refractivity contribution in [2.75, 3.05) is 6.61 Å². The SMILES string of the molecule is Cc1nc2nc([C@H]3CCO[C@@H](c4ccc(=O)n(C)c4)C3)nc(-c3ccc(C(F)(F)F)c(F)c3F)c2nc1C. The van der Waals surface area contributed by atoms with Crippen LogP contribution in [0.25, 0.3) is 22.4 Å². The van der Waals surface area contributed by atoms with Crippen molar-refractivity contribution < 1.29 is 26.7 Å². The Hall–Kier alpha value is -3.80. The summed E-state index contributed by atoms with van der Waals surface area (Å²) in [7, 11) is 1.63. The van der Waals surface area contributed by atoms with Crippen LogP contribution in [0.1, 0.15) is 53.2 Å². The maximum Gasteiger partial charge on any atom is 0.419 e. The van der Waals surface area contributed by atoms with E-state index in [4.69, 9.17) is 4.74 Å². The van der Waals surface area contributed by atoms with Gasteiger partial charge in [0.2, 0.25) is 5.56 Å². The van der Waals surface area contributed by atoms with E-state index in [0.717, 1.165) is 11.6 Å². The molecule has 0 saturated carbocycles. The van der Waals surface area contributed by atoms with Crippen LogP contribution in [0.2, 0.25) is 0 Å². The second-order valence-corrected chi connectivity index (χ2v) is 9.28. The molecule has 12 heteroatoms. The molecule has 1 saturated heterocycles. The maximum atomic E-state index is 15.1. The number of pyridine rings is 1. The molecule has 1 aliphatic rings. The minimum atomic E-state index is -5.06. The van der Waals surface area contributed by atoms with Crippen molar-refractivity contribution in [1.29, 1.82) is 0 Å². The Balaban J connectivity index is 1.64. The first-order valence-electron chi connectivity index (χ1n) is 11.8. The molecule has 2 atom stereocenters. The number of hydrogen-bond donors (Lipinski definition) is 0. The molecular weight excluding hydrogens is 509 g/mol. The Morgan fingerprint density at radius 1 is 0.974 bits per heavy atom. The average Bonchev–Trinajstić information content (AvgIpc) is 2.87. The number of hydrogen-bond acceptors (Lipinski definition) is 6. The Labute approximate surface area is 213 Å². The number of ether oxygens (including phenoxy) is 1. The van der Waals surface area contributed by atoms with Gasteiger partial charge in [0.25, 0.3) is 0 Å². The van der Waals surface area contributed by atoms with Crippen LogP contribution < -0.4 is 5.56 Å². The lowest BCUT2D eigenvalue weighted by Gasteiger charge is -2.29. The molecule has 1 aliphatic heterocycles. The first-order valence-corrected chi connectivity index (χ1v) is 11.8. The zero-order valence-electron chi connectivity index (χ0n) is 20.6. The Morgan fingerprint density at radius 3 is 2.42 bits per heavy atom. The predicted molar refractivity (Wildman–Crippen MR) is 127 cm³/mol. The van der Waals surface area contributed by atoms with Crippen LogP contribution in [0, 0.1) is 25.5 Å². The van der Waals surface area contributed by atoms with Gasteiger partial charge in [-0.25, -0.2) is 28.7 Å². The van der Waals surface area contributed by atoms with E-state index in [0.29, 0.717) is 36.9 Å². The van der Waals surface area contributed by atoms with Gasteiger partial charge in [-0.15, -0.1) is 0 Å². The third-order valence-corrected chi connectivity index (χ3v) is 6.73. The lowest BCUT2D eigenvalue weighted by Crippen LogP contribution is -2.23. The fraction of sp³-hybridized carbons (Fsp3) is 0.346. The zero-order valence-corrected chi connectivity index (χ0v) is 20.6. The Bertz CT molecular complexity index is 1620. The van der Waals surface area contributed by atoms with E-state index in [2.05, 4.69) is 19.9 Å². The summed E-state index contributed by atoms with van der Waals surface area (Å²) in [5.41, 5.74) is -0.488. The molecule has 38 heavy (non-hydrogen) atoms. The number of nitrogens with zero attached hydrogens (tertiary/aromatic N) is 5. The molecule has 0 unspecified atom stereocenters. The molecule has 1 aromatic carbocycles. The Morgan fingerprint density at radius 2 is 1.71 bits per heavy atom. The molecule has 0 radical (unpaired) electrons. The fourth-order valence-electron chi connectivity index (χ4n) is 4.52. The summed E-state index contributed by atoms with van der Waals surface area (Å²) in [5.74, 6) is -3.72. The molecule has 0 N–H and O–H groups in total. The molecule has 1 fully saturated rings. The number of fused-ring (bicyclic) bond motifs is 1. The highest BCUT2D eigenvalue weighted by Gasteiger charge is 2.37. The number of benzene rings is 1. The van der Waals surface area contributed by atoms with Crippen molar-refractivity contribution in [3.05, 3.63) is 80.8 Å². The number of rotatable bonds is 3. The van der Waals surface area contributed by atoms with Crippen LogP contribution in [0.3, 0.4) is 0 Å².